The molecule has 0 fully saturated rings. The van der Waals surface area contributed by atoms with E-state index in [2.05, 4.69) is 47.0 Å². The van der Waals surface area contributed by atoms with Crippen molar-refractivity contribution >= 4 is 33.4 Å². The highest BCUT2D eigenvalue weighted by atomic mass is 35.5. The minimum absolute atomic E-state index is 0.629. The van der Waals surface area contributed by atoms with Crippen LogP contribution in [0.25, 0.3) is 21.8 Å². The summed E-state index contributed by atoms with van der Waals surface area (Å²) in [4.78, 5) is 4.90. The van der Waals surface area contributed by atoms with Gasteiger partial charge in [-0.15, -0.1) is 0 Å². The minimum atomic E-state index is 0.629. The highest BCUT2D eigenvalue weighted by molar-refractivity contribution is 6.31. The maximum absolute atomic E-state index is 6.26. The minimum Gasteiger partial charge on any atom is -0.467 e. The second-order valence-electron chi connectivity index (χ2n) is 6.64. The molecule has 27 heavy (non-hydrogen) atoms. The van der Waals surface area contributed by atoms with Gasteiger partial charge in [-0.1, -0.05) is 54.1 Å². The topological polar surface area (TPSA) is 31.0 Å². The van der Waals surface area contributed by atoms with Crippen LogP contribution in [0.15, 0.2) is 83.5 Å². The highest BCUT2D eigenvalue weighted by Gasteiger charge is 2.14. The summed E-state index contributed by atoms with van der Waals surface area (Å²) < 4.78 is 7.78. The van der Waals surface area contributed by atoms with Crippen molar-refractivity contribution in [3.63, 3.8) is 0 Å². The van der Waals surface area contributed by atoms with Gasteiger partial charge in [0.25, 0.3) is 0 Å². The summed E-state index contributed by atoms with van der Waals surface area (Å²) in [5.41, 5.74) is 3.23. The molecule has 0 spiro atoms. The van der Waals surface area contributed by atoms with Crippen molar-refractivity contribution in [2.45, 2.75) is 13.0 Å². The average Bonchev–Trinajstić information content (AvgIpc) is 3.31. The average molecular weight is 373 g/mol. The summed E-state index contributed by atoms with van der Waals surface area (Å²) in [7, 11) is 0. The molecule has 0 radical (unpaired) electrons. The molecule has 3 nitrogen and oxygen atoms in total. The van der Waals surface area contributed by atoms with Gasteiger partial charge >= 0.3 is 0 Å². The Morgan fingerprint density at radius 1 is 0.926 bits per heavy atom. The summed E-state index contributed by atoms with van der Waals surface area (Å²) in [5, 5.41) is 3.21. The standard InChI is InChI=1S/C23H17ClN2O/c24-18-10-11-21-22(14-18)26(15-19-8-4-12-27-19)23(25-21)13-17-7-3-6-16-5-1-2-9-20(16)17/h1-12,14H,13,15H2. The SMILES string of the molecule is Clc1ccc2nc(Cc3cccc4ccccc34)n(Cc3ccco3)c2c1. The second-order valence-corrected chi connectivity index (χ2v) is 7.08. The largest absolute Gasteiger partial charge is 0.467 e. The number of rotatable bonds is 4. The van der Waals surface area contributed by atoms with E-state index < -0.39 is 0 Å². The molecule has 0 aliphatic carbocycles. The zero-order chi connectivity index (χ0) is 18.2. The molecule has 0 bridgehead atoms. The van der Waals surface area contributed by atoms with E-state index in [-0.39, 0.29) is 0 Å². The van der Waals surface area contributed by atoms with Crippen molar-refractivity contribution in [2.24, 2.45) is 0 Å². The predicted octanol–water partition coefficient (Wildman–Crippen LogP) is 6.08. The number of halogens is 1. The number of furan rings is 1. The van der Waals surface area contributed by atoms with Gasteiger partial charge in [-0.05, 0) is 46.7 Å². The lowest BCUT2D eigenvalue weighted by Gasteiger charge is -2.10. The molecule has 2 heterocycles. The number of hydrogen-bond donors (Lipinski definition) is 0. The van der Waals surface area contributed by atoms with Gasteiger partial charge in [0.2, 0.25) is 0 Å². The molecule has 4 heteroatoms. The lowest BCUT2D eigenvalue weighted by molar-refractivity contribution is 0.493. The summed E-state index contributed by atoms with van der Waals surface area (Å²) in [6.45, 7) is 0.629. The molecule has 0 aliphatic heterocycles. The van der Waals surface area contributed by atoms with Crippen LogP contribution in [0.5, 0.6) is 0 Å². The highest BCUT2D eigenvalue weighted by Crippen LogP contribution is 2.26. The number of benzene rings is 3. The van der Waals surface area contributed by atoms with Crippen LogP contribution in [-0.4, -0.2) is 9.55 Å². The molecule has 5 rings (SSSR count). The van der Waals surface area contributed by atoms with Crippen LogP contribution in [0, 0.1) is 0 Å². The zero-order valence-electron chi connectivity index (χ0n) is 14.6. The van der Waals surface area contributed by atoms with E-state index in [9.17, 15) is 0 Å². The van der Waals surface area contributed by atoms with E-state index >= 15 is 0 Å². The fourth-order valence-electron chi connectivity index (χ4n) is 3.63. The van der Waals surface area contributed by atoms with Crippen molar-refractivity contribution in [3.05, 3.63) is 101 Å². The van der Waals surface area contributed by atoms with Crippen molar-refractivity contribution in [2.75, 3.05) is 0 Å². The maximum atomic E-state index is 6.26. The molecule has 0 saturated heterocycles. The van der Waals surface area contributed by atoms with Crippen LogP contribution in [0.4, 0.5) is 0 Å². The Labute approximate surface area is 161 Å². The van der Waals surface area contributed by atoms with Crippen LogP contribution in [0.2, 0.25) is 5.02 Å². The van der Waals surface area contributed by atoms with Gasteiger partial charge in [-0.3, -0.25) is 0 Å². The predicted molar refractivity (Wildman–Crippen MR) is 109 cm³/mol. The molecule has 0 aliphatic rings. The molecule has 0 saturated carbocycles. The third-order valence-corrected chi connectivity index (χ3v) is 5.15. The van der Waals surface area contributed by atoms with E-state index in [1.807, 2.05) is 30.3 Å². The van der Waals surface area contributed by atoms with Crippen LogP contribution in [0.3, 0.4) is 0 Å². The number of aromatic nitrogens is 2. The number of nitrogens with zero attached hydrogens (tertiary/aromatic N) is 2. The summed E-state index contributed by atoms with van der Waals surface area (Å²) in [6, 6.07) is 24.6. The van der Waals surface area contributed by atoms with E-state index in [1.165, 1.54) is 16.3 Å². The molecule has 0 atom stereocenters. The van der Waals surface area contributed by atoms with E-state index in [1.54, 1.807) is 6.26 Å². The van der Waals surface area contributed by atoms with Crippen LogP contribution in [0.1, 0.15) is 17.1 Å². The summed E-state index contributed by atoms with van der Waals surface area (Å²) in [6.07, 6.45) is 2.44. The van der Waals surface area contributed by atoms with Crippen LogP contribution >= 0.6 is 11.6 Å². The molecule has 132 valence electrons. The quantitative estimate of drug-likeness (QED) is 0.383. The van der Waals surface area contributed by atoms with E-state index in [0.29, 0.717) is 11.6 Å². The zero-order valence-corrected chi connectivity index (χ0v) is 15.4. The van der Waals surface area contributed by atoms with Gasteiger partial charge in [-0.2, -0.15) is 0 Å². The van der Waals surface area contributed by atoms with Crippen LogP contribution in [-0.2, 0) is 13.0 Å². The normalized spacial score (nSPS) is 11.4. The third-order valence-electron chi connectivity index (χ3n) is 4.91. The van der Waals surface area contributed by atoms with E-state index in [4.69, 9.17) is 21.0 Å². The van der Waals surface area contributed by atoms with Crippen molar-refractivity contribution in [1.29, 1.82) is 0 Å². The van der Waals surface area contributed by atoms with Crippen molar-refractivity contribution in [1.82, 2.24) is 9.55 Å². The lowest BCUT2D eigenvalue weighted by atomic mass is 10.0. The first-order valence-corrected chi connectivity index (χ1v) is 9.29. The van der Waals surface area contributed by atoms with Gasteiger partial charge in [0.05, 0.1) is 23.8 Å². The monoisotopic (exact) mass is 372 g/mol. The smallest absolute Gasteiger partial charge is 0.123 e. The fraction of sp³-hybridized carbons (Fsp3) is 0.0870. The number of fused-ring (bicyclic) bond motifs is 2. The maximum Gasteiger partial charge on any atom is 0.123 e. The van der Waals surface area contributed by atoms with Crippen molar-refractivity contribution < 1.29 is 4.42 Å². The van der Waals surface area contributed by atoms with Gasteiger partial charge in [0, 0.05) is 11.4 Å². The molecule has 5 aromatic rings. The number of hydrogen-bond acceptors (Lipinski definition) is 2. The molecular formula is C23H17ClN2O. The third kappa shape index (κ3) is 3.00. The molecule has 0 N–H and O–H groups in total. The Hall–Kier alpha value is -3.04. The molecule has 0 amide bonds. The fourth-order valence-corrected chi connectivity index (χ4v) is 3.80. The van der Waals surface area contributed by atoms with Gasteiger partial charge in [0.15, 0.2) is 0 Å². The van der Waals surface area contributed by atoms with Gasteiger partial charge in [-0.25, -0.2) is 4.98 Å². The summed E-state index contributed by atoms with van der Waals surface area (Å²) in [5.74, 6) is 1.90. The Morgan fingerprint density at radius 2 is 1.81 bits per heavy atom. The Balaban J connectivity index is 1.65. The molecule has 2 aromatic heterocycles. The first-order valence-electron chi connectivity index (χ1n) is 8.91. The number of imidazole rings is 1. The molecule has 0 unspecified atom stereocenters. The summed E-state index contributed by atoms with van der Waals surface area (Å²) >= 11 is 6.26. The molecule has 3 aromatic carbocycles. The first-order chi connectivity index (χ1) is 13.3. The lowest BCUT2D eigenvalue weighted by Crippen LogP contribution is -2.05. The van der Waals surface area contributed by atoms with Crippen LogP contribution < -0.4 is 0 Å². The Bertz CT molecular complexity index is 1230. The van der Waals surface area contributed by atoms with Crippen molar-refractivity contribution in [3.8, 4) is 0 Å². The Morgan fingerprint density at radius 3 is 2.70 bits per heavy atom. The van der Waals surface area contributed by atoms with Gasteiger partial charge < -0.3 is 8.98 Å². The molecular weight excluding hydrogens is 356 g/mol. The Kier molecular flexibility index (Phi) is 3.95. The van der Waals surface area contributed by atoms with Gasteiger partial charge in [0.1, 0.15) is 11.6 Å². The van der Waals surface area contributed by atoms with E-state index in [0.717, 1.165) is 29.0 Å². The first kappa shape index (κ1) is 16.2. The second kappa shape index (κ2) is 6.60.